The lowest BCUT2D eigenvalue weighted by atomic mass is 10.0. The smallest absolute Gasteiger partial charge is 0.255 e. The Labute approximate surface area is 145 Å². The number of hydrogen-bond donors (Lipinski definition) is 1. The molecule has 2 atom stereocenters. The molecule has 2 unspecified atom stereocenters. The average Bonchev–Trinajstić information content (AvgIpc) is 2.91. The molecule has 0 spiro atoms. The van der Waals surface area contributed by atoms with E-state index in [0.29, 0.717) is 25.1 Å². The molecule has 3 aliphatic rings. The predicted octanol–water partition coefficient (Wildman–Crippen LogP) is 0.673. The van der Waals surface area contributed by atoms with Gasteiger partial charge in [0, 0.05) is 37.3 Å². The summed E-state index contributed by atoms with van der Waals surface area (Å²) in [6.45, 7) is 4.72. The second-order valence-corrected chi connectivity index (χ2v) is 6.87. The number of morpholine rings is 1. The summed E-state index contributed by atoms with van der Waals surface area (Å²) in [5.41, 5.74) is 2.59. The fraction of sp³-hybridized carbons (Fsp3) is 0.500. The molecule has 1 N–H and O–H groups in total. The summed E-state index contributed by atoms with van der Waals surface area (Å²) in [5, 5.41) is 2.33. The van der Waals surface area contributed by atoms with Gasteiger partial charge < -0.3 is 14.5 Å². The van der Waals surface area contributed by atoms with E-state index < -0.39 is 6.04 Å². The third-order valence-electron chi connectivity index (χ3n) is 5.12. The number of carbonyl (C=O) groups excluding carboxylic acids is 3. The number of nitrogens with zero attached hydrogens (tertiary/aromatic N) is 2. The van der Waals surface area contributed by atoms with E-state index in [1.54, 1.807) is 4.90 Å². The molecule has 3 amide bonds. The number of anilines is 1. The predicted molar refractivity (Wildman–Crippen MR) is 90.1 cm³/mol. The van der Waals surface area contributed by atoms with Crippen molar-refractivity contribution >= 4 is 23.4 Å². The van der Waals surface area contributed by atoms with Gasteiger partial charge in [-0.1, -0.05) is 6.07 Å². The number of hydrogen-bond acceptors (Lipinski definition) is 5. The molecule has 2 fully saturated rings. The molecule has 7 heteroatoms. The van der Waals surface area contributed by atoms with E-state index >= 15 is 0 Å². The van der Waals surface area contributed by atoms with Gasteiger partial charge in [-0.2, -0.15) is 0 Å². The van der Waals surface area contributed by atoms with Crippen LogP contribution in [0.1, 0.15) is 35.7 Å². The minimum Gasteiger partial charge on any atom is -0.375 e. The Morgan fingerprint density at radius 1 is 1.24 bits per heavy atom. The van der Waals surface area contributed by atoms with Crippen molar-refractivity contribution in [3.8, 4) is 0 Å². The van der Waals surface area contributed by atoms with Crippen LogP contribution in [-0.4, -0.2) is 54.5 Å². The summed E-state index contributed by atoms with van der Waals surface area (Å²) in [6.07, 6.45) is 0.823. The highest BCUT2D eigenvalue weighted by Crippen LogP contribution is 2.31. The molecule has 0 aromatic heterocycles. The third kappa shape index (κ3) is 2.89. The zero-order valence-corrected chi connectivity index (χ0v) is 14.2. The van der Waals surface area contributed by atoms with Crippen LogP contribution in [0, 0.1) is 0 Å². The molecule has 0 bridgehead atoms. The van der Waals surface area contributed by atoms with E-state index in [-0.39, 0.29) is 30.2 Å². The number of ether oxygens (including phenoxy) is 1. The summed E-state index contributed by atoms with van der Waals surface area (Å²) in [6, 6.07) is 5.35. The number of nitrogens with one attached hydrogen (secondary N) is 1. The van der Waals surface area contributed by atoms with E-state index in [1.165, 1.54) is 0 Å². The molecule has 0 radical (unpaired) electrons. The van der Waals surface area contributed by atoms with Gasteiger partial charge in [0.05, 0.1) is 12.7 Å². The molecule has 2 saturated heterocycles. The van der Waals surface area contributed by atoms with Crippen LogP contribution < -0.4 is 10.2 Å². The summed E-state index contributed by atoms with van der Waals surface area (Å²) < 4.78 is 5.57. The summed E-state index contributed by atoms with van der Waals surface area (Å²) in [5.74, 6) is -0.776. The Kier molecular flexibility index (Phi) is 3.95. The average molecular weight is 343 g/mol. The van der Waals surface area contributed by atoms with E-state index in [4.69, 9.17) is 4.74 Å². The second-order valence-electron chi connectivity index (χ2n) is 6.87. The Bertz CT molecular complexity index is 748. The largest absolute Gasteiger partial charge is 0.375 e. The molecule has 1 aromatic rings. The van der Waals surface area contributed by atoms with Gasteiger partial charge in [-0.25, -0.2) is 0 Å². The molecule has 7 nitrogen and oxygen atoms in total. The lowest BCUT2D eigenvalue weighted by Crippen LogP contribution is -2.52. The van der Waals surface area contributed by atoms with Crippen molar-refractivity contribution in [3.05, 3.63) is 29.3 Å². The number of imide groups is 1. The van der Waals surface area contributed by atoms with Crippen molar-refractivity contribution in [2.45, 2.75) is 38.5 Å². The first-order valence-corrected chi connectivity index (χ1v) is 8.67. The summed E-state index contributed by atoms with van der Waals surface area (Å²) in [7, 11) is 0. The van der Waals surface area contributed by atoms with E-state index in [1.807, 2.05) is 25.1 Å². The monoisotopic (exact) mass is 343 g/mol. The van der Waals surface area contributed by atoms with Gasteiger partial charge in [0.2, 0.25) is 11.8 Å². The zero-order valence-electron chi connectivity index (χ0n) is 14.2. The highest BCUT2D eigenvalue weighted by molar-refractivity contribution is 6.05. The van der Waals surface area contributed by atoms with Crippen LogP contribution in [0.5, 0.6) is 0 Å². The van der Waals surface area contributed by atoms with Gasteiger partial charge in [0.15, 0.2) is 0 Å². The van der Waals surface area contributed by atoms with E-state index in [9.17, 15) is 14.4 Å². The normalized spacial score (nSPS) is 26.7. The molecule has 3 heterocycles. The minimum absolute atomic E-state index is 0.132. The summed E-state index contributed by atoms with van der Waals surface area (Å²) in [4.78, 5) is 40.1. The van der Waals surface area contributed by atoms with Gasteiger partial charge >= 0.3 is 0 Å². The molecule has 0 aliphatic carbocycles. The van der Waals surface area contributed by atoms with E-state index in [2.05, 4.69) is 10.2 Å². The maximum atomic E-state index is 12.8. The molecular weight excluding hydrogens is 322 g/mol. The van der Waals surface area contributed by atoms with E-state index in [0.717, 1.165) is 24.3 Å². The Morgan fingerprint density at radius 3 is 2.84 bits per heavy atom. The highest BCUT2D eigenvalue weighted by atomic mass is 16.5. The highest BCUT2D eigenvalue weighted by Gasteiger charge is 2.39. The van der Waals surface area contributed by atoms with Crippen LogP contribution in [-0.2, 0) is 20.9 Å². The van der Waals surface area contributed by atoms with Crippen molar-refractivity contribution in [2.24, 2.45) is 0 Å². The molecule has 132 valence electrons. The fourth-order valence-corrected chi connectivity index (χ4v) is 3.79. The molecule has 1 aromatic carbocycles. The number of carbonyl (C=O) groups is 3. The number of benzene rings is 1. The fourth-order valence-electron chi connectivity index (χ4n) is 3.79. The molecule has 0 saturated carbocycles. The van der Waals surface area contributed by atoms with Crippen molar-refractivity contribution in [2.75, 3.05) is 24.6 Å². The zero-order chi connectivity index (χ0) is 17.6. The maximum Gasteiger partial charge on any atom is 0.255 e. The third-order valence-corrected chi connectivity index (χ3v) is 5.12. The lowest BCUT2D eigenvalue weighted by molar-refractivity contribution is -0.136. The first-order chi connectivity index (χ1) is 12.0. The van der Waals surface area contributed by atoms with Crippen LogP contribution in [0.3, 0.4) is 0 Å². The minimum atomic E-state index is -0.565. The van der Waals surface area contributed by atoms with Gasteiger partial charge in [0.1, 0.15) is 6.04 Å². The van der Waals surface area contributed by atoms with Crippen LogP contribution in [0.15, 0.2) is 18.2 Å². The van der Waals surface area contributed by atoms with Gasteiger partial charge in [-0.15, -0.1) is 0 Å². The number of piperidine rings is 1. The Balaban J connectivity index is 1.55. The van der Waals surface area contributed by atoms with Crippen molar-refractivity contribution < 1.29 is 19.1 Å². The lowest BCUT2D eigenvalue weighted by Gasteiger charge is -2.33. The summed E-state index contributed by atoms with van der Waals surface area (Å²) >= 11 is 0. The SMILES string of the molecule is CC1CN(c2ccc3c(c2)C(=O)N(C2CCC(=O)NC2=O)C3)CCO1. The molecule has 25 heavy (non-hydrogen) atoms. The number of rotatable bonds is 2. The maximum absolute atomic E-state index is 12.8. The van der Waals surface area contributed by atoms with Crippen LogP contribution in [0.4, 0.5) is 5.69 Å². The second kappa shape index (κ2) is 6.15. The quantitative estimate of drug-likeness (QED) is 0.799. The standard InChI is InChI=1S/C18H21N3O4/c1-11-9-20(6-7-25-11)13-3-2-12-10-21(18(24)14(12)8-13)15-4-5-16(22)19-17(15)23/h2-3,8,11,15H,4-7,9-10H2,1H3,(H,19,22,23). The van der Waals surface area contributed by atoms with Crippen molar-refractivity contribution in [3.63, 3.8) is 0 Å². The molecular formula is C18H21N3O4. The molecule has 3 aliphatic heterocycles. The van der Waals surface area contributed by atoms with Gasteiger partial charge in [-0.05, 0) is 31.0 Å². The Morgan fingerprint density at radius 2 is 2.08 bits per heavy atom. The topological polar surface area (TPSA) is 79.0 Å². The van der Waals surface area contributed by atoms with Gasteiger partial charge in [-0.3, -0.25) is 19.7 Å². The number of amides is 3. The van der Waals surface area contributed by atoms with Crippen molar-refractivity contribution in [1.29, 1.82) is 0 Å². The van der Waals surface area contributed by atoms with Crippen molar-refractivity contribution in [1.82, 2.24) is 10.2 Å². The first-order valence-electron chi connectivity index (χ1n) is 8.67. The van der Waals surface area contributed by atoms with Crippen LogP contribution in [0.2, 0.25) is 0 Å². The number of fused-ring (bicyclic) bond motifs is 1. The molecule has 4 rings (SSSR count). The Hall–Kier alpha value is -2.41. The first kappa shape index (κ1) is 16.1. The van der Waals surface area contributed by atoms with Gasteiger partial charge in [0.25, 0.3) is 5.91 Å². The van der Waals surface area contributed by atoms with Crippen LogP contribution in [0.25, 0.3) is 0 Å². The van der Waals surface area contributed by atoms with Crippen LogP contribution >= 0.6 is 0 Å².